The monoisotopic (exact) mass is 742 g/mol. The molecule has 6 aromatic carbocycles. The summed E-state index contributed by atoms with van der Waals surface area (Å²) in [6.07, 6.45) is 5.91. The Morgan fingerprint density at radius 3 is 1.13 bits per heavy atom. The lowest BCUT2D eigenvalue weighted by molar-refractivity contribution is 0.471. The van der Waals surface area contributed by atoms with Crippen molar-refractivity contribution in [2.45, 2.75) is 38.5 Å². The molecular formula is C44H40Br2O. The fourth-order valence-electron chi connectivity index (χ4n) is 6.04. The van der Waals surface area contributed by atoms with Crippen LogP contribution in [0, 0.1) is 0 Å². The van der Waals surface area contributed by atoms with Gasteiger partial charge in [-0.05, 0) is 93.5 Å². The molecule has 0 bridgehead atoms. The minimum absolute atomic E-state index is 0.812. The van der Waals surface area contributed by atoms with Crippen molar-refractivity contribution < 1.29 is 4.74 Å². The zero-order chi connectivity index (χ0) is 32.3. The number of ether oxygens (including phenoxy) is 1. The molecule has 0 aliphatic carbocycles. The molecule has 0 atom stereocenters. The molecular weight excluding hydrogens is 704 g/mol. The Morgan fingerprint density at radius 1 is 0.383 bits per heavy atom. The van der Waals surface area contributed by atoms with Gasteiger partial charge in [0.2, 0.25) is 0 Å². The third-order valence-corrected chi connectivity index (χ3v) is 9.70. The Labute approximate surface area is 296 Å². The van der Waals surface area contributed by atoms with Gasteiger partial charge in [-0.25, -0.2) is 0 Å². The first kappa shape index (κ1) is 33.0. The maximum atomic E-state index is 6.87. The molecule has 6 rings (SSSR count). The summed E-state index contributed by atoms with van der Waals surface area (Å²) in [5.74, 6) is 1.85. The Balaban J connectivity index is 1.28. The highest BCUT2D eigenvalue weighted by atomic mass is 79.9. The smallest absolute Gasteiger partial charge is 0.130 e. The van der Waals surface area contributed by atoms with Crippen molar-refractivity contribution in [3.8, 4) is 33.8 Å². The number of rotatable bonds is 14. The summed E-state index contributed by atoms with van der Waals surface area (Å²) in [5.41, 5.74) is 12.6. The minimum Gasteiger partial charge on any atom is -0.457 e. The molecule has 0 aliphatic rings. The summed E-state index contributed by atoms with van der Waals surface area (Å²) in [5, 5.41) is 2.00. The molecule has 6 aromatic rings. The van der Waals surface area contributed by atoms with Crippen LogP contribution in [0.1, 0.15) is 46.2 Å². The van der Waals surface area contributed by atoms with Crippen LogP contribution in [0.3, 0.4) is 0 Å². The van der Waals surface area contributed by atoms with Crippen LogP contribution in [-0.2, 0) is 25.7 Å². The van der Waals surface area contributed by atoms with Gasteiger partial charge in [-0.2, -0.15) is 0 Å². The van der Waals surface area contributed by atoms with Crippen molar-refractivity contribution in [3.63, 3.8) is 0 Å². The Morgan fingerprint density at radius 2 is 0.745 bits per heavy atom. The molecule has 0 saturated heterocycles. The van der Waals surface area contributed by atoms with E-state index in [0.29, 0.717) is 0 Å². The van der Waals surface area contributed by atoms with Gasteiger partial charge in [-0.3, -0.25) is 0 Å². The normalized spacial score (nSPS) is 11.0. The molecule has 0 radical (unpaired) electrons. The van der Waals surface area contributed by atoms with E-state index in [2.05, 4.69) is 177 Å². The van der Waals surface area contributed by atoms with Gasteiger partial charge >= 0.3 is 0 Å². The van der Waals surface area contributed by atoms with Crippen LogP contribution < -0.4 is 4.74 Å². The molecule has 0 saturated carbocycles. The van der Waals surface area contributed by atoms with Crippen molar-refractivity contribution in [1.82, 2.24) is 0 Å². The molecule has 1 nitrogen and oxygen atoms in total. The Bertz CT molecular complexity index is 1710. The number of aryl methyl sites for hydroxylation is 2. The van der Waals surface area contributed by atoms with Crippen molar-refractivity contribution in [3.05, 3.63) is 179 Å². The van der Waals surface area contributed by atoms with E-state index < -0.39 is 0 Å². The second-order valence-corrected chi connectivity index (χ2v) is 13.6. The summed E-state index contributed by atoms with van der Waals surface area (Å²) in [7, 11) is 0. The van der Waals surface area contributed by atoms with E-state index in [-0.39, 0.29) is 0 Å². The molecule has 0 spiro atoms. The molecule has 0 heterocycles. The van der Waals surface area contributed by atoms with Crippen molar-refractivity contribution in [2.24, 2.45) is 0 Å². The molecule has 0 N–H and O–H groups in total. The zero-order valence-corrected chi connectivity index (χ0v) is 29.8. The average molecular weight is 745 g/mol. The van der Waals surface area contributed by atoms with Gasteiger partial charge in [0, 0.05) is 23.5 Å². The molecule has 0 fully saturated rings. The molecule has 47 heavy (non-hydrogen) atoms. The van der Waals surface area contributed by atoms with Crippen molar-refractivity contribution in [2.75, 3.05) is 10.7 Å². The molecule has 0 aliphatic heterocycles. The van der Waals surface area contributed by atoms with E-state index >= 15 is 0 Å². The summed E-state index contributed by atoms with van der Waals surface area (Å²) < 4.78 is 6.87. The number of hydrogen-bond donors (Lipinski definition) is 0. The van der Waals surface area contributed by atoms with Gasteiger partial charge in [-0.1, -0.05) is 165 Å². The highest BCUT2D eigenvalue weighted by Crippen LogP contribution is 2.34. The lowest BCUT2D eigenvalue weighted by Crippen LogP contribution is -2.00. The maximum Gasteiger partial charge on any atom is 0.130 e. The topological polar surface area (TPSA) is 9.23 Å². The van der Waals surface area contributed by atoms with Crippen LogP contribution in [0.25, 0.3) is 22.3 Å². The van der Waals surface area contributed by atoms with Crippen LogP contribution in [0.2, 0.25) is 0 Å². The fraction of sp³-hybridized carbons (Fsp3) is 0.182. The van der Waals surface area contributed by atoms with Gasteiger partial charge in [0.15, 0.2) is 0 Å². The predicted molar refractivity (Wildman–Crippen MR) is 207 cm³/mol. The number of hydrogen-bond acceptors (Lipinski definition) is 1. The summed E-state index contributed by atoms with van der Waals surface area (Å²) in [6.45, 7) is 0. The highest BCUT2D eigenvalue weighted by Gasteiger charge is 2.13. The molecule has 0 amide bonds. The summed E-state index contributed by atoms with van der Waals surface area (Å²) >= 11 is 7.22. The van der Waals surface area contributed by atoms with E-state index in [1.807, 2.05) is 0 Å². The van der Waals surface area contributed by atoms with Gasteiger partial charge in [0.1, 0.15) is 11.5 Å². The van der Waals surface area contributed by atoms with E-state index in [1.54, 1.807) is 0 Å². The second-order valence-electron chi connectivity index (χ2n) is 12.1. The van der Waals surface area contributed by atoms with E-state index in [9.17, 15) is 0 Å². The maximum absolute atomic E-state index is 6.87. The van der Waals surface area contributed by atoms with Gasteiger partial charge in [0.25, 0.3) is 0 Å². The first-order chi connectivity index (χ1) is 23.2. The van der Waals surface area contributed by atoms with Crippen LogP contribution in [0.4, 0.5) is 0 Å². The van der Waals surface area contributed by atoms with Gasteiger partial charge in [-0.15, -0.1) is 0 Å². The molecule has 3 heteroatoms. The standard InChI is InChI=1S/C44H40Br2O/c45-27-7-9-33-19-25-43(41(29-33)31-35-15-21-39(22-16-35)37-11-3-1-4-12-37)47-44-26-20-34(10-8-28-46)30-42(44)32-36-17-23-40(24-18-36)38-13-5-2-6-14-38/h1-6,11-26,29-30H,7-10,27-28,31-32H2. The lowest BCUT2D eigenvalue weighted by atomic mass is 9.97. The third kappa shape index (κ3) is 9.12. The Hall–Kier alpha value is -3.92. The van der Waals surface area contributed by atoms with E-state index in [0.717, 1.165) is 60.7 Å². The number of alkyl halides is 2. The predicted octanol–water partition coefficient (Wildman–Crippen LogP) is 12.6. The van der Waals surface area contributed by atoms with Gasteiger partial charge < -0.3 is 4.74 Å². The van der Waals surface area contributed by atoms with Crippen LogP contribution in [0.15, 0.2) is 146 Å². The fourth-order valence-corrected chi connectivity index (χ4v) is 6.60. The summed E-state index contributed by atoms with van der Waals surface area (Å²) in [4.78, 5) is 0. The minimum atomic E-state index is 0.812. The third-order valence-electron chi connectivity index (χ3n) is 8.58. The molecule has 236 valence electrons. The second kappa shape index (κ2) is 16.8. The Kier molecular flexibility index (Phi) is 11.8. The largest absolute Gasteiger partial charge is 0.457 e. The SMILES string of the molecule is BrCCCc1ccc(Oc2ccc(CCCBr)cc2Cc2ccc(-c3ccccc3)cc2)c(Cc2ccc(-c3ccccc3)cc2)c1. The quantitative estimate of drug-likeness (QED) is 0.101. The van der Waals surface area contributed by atoms with Crippen molar-refractivity contribution in [1.29, 1.82) is 0 Å². The summed E-state index contributed by atoms with van der Waals surface area (Å²) in [6, 6.07) is 52.5. The average Bonchev–Trinajstić information content (AvgIpc) is 3.13. The van der Waals surface area contributed by atoms with Crippen molar-refractivity contribution >= 4 is 31.9 Å². The van der Waals surface area contributed by atoms with Gasteiger partial charge in [0.05, 0.1) is 0 Å². The first-order valence-electron chi connectivity index (χ1n) is 16.5. The van der Waals surface area contributed by atoms with Crippen LogP contribution in [0.5, 0.6) is 11.5 Å². The highest BCUT2D eigenvalue weighted by molar-refractivity contribution is 9.09. The van der Waals surface area contributed by atoms with Crippen LogP contribution in [-0.4, -0.2) is 10.7 Å². The van der Waals surface area contributed by atoms with E-state index in [4.69, 9.17) is 4.74 Å². The van der Waals surface area contributed by atoms with E-state index in [1.165, 1.54) is 55.6 Å². The number of halogens is 2. The zero-order valence-electron chi connectivity index (χ0n) is 26.7. The molecule has 0 aromatic heterocycles. The number of benzene rings is 6. The molecule has 0 unspecified atom stereocenters. The lowest BCUT2D eigenvalue weighted by Gasteiger charge is -2.17. The first-order valence-corrected chi connectivity index (χ1v) is 18.7. The van der Waals surface area contributed by atoms with Crippen LogP contribution >= 0.6 is 31.9 Å².